The monoisotopic (exact) mass is 402 g/mol. The molecule has 1 fully saturated rings. The third-order valence-electron chi connectivity index (χ3n) is 4.06. The summed E-state index contributed by atoms with van der Waals surface area (Å²) in [7, 11) is 0. The van der Waals surface area contributed by atoms with Crippen LogP contribution in [-0.4, -0.2) is 48.9 Å². The van der Waals surface area contributed by atoms with Crippen molar-refractivity contribution in [2.45, 2.75) is 6.18 Å². The molecule has 0 bridgehead atoms. The summed E-state index contributed by atoms with van der Waals surface area (Å²) < 4.78 is 37.4. The van der Waals surface area contributed by atoms with E-state index in [1.807, 2.05) is 18.2 Å². The van der Waals surface area contributed by atoms with E-state index in [0.29, 0.717) is 42.5 Å². The van der Waals surface area contributed by atoms with Crippen molar-refractivity contribution in [1.29, 1.82) is 0 Å². The SMILES string of the molecule is O=C(c1ccc(C(=O)C(F)(F)F)s1)N1CCN(c2ccccc2Cl)CC1. The number of anilines is 1. The second-order valence-electron chi connectivity index (χ2n) is 5.72. The Hall–Kier alpha value is -2.06. The summed E-state index contributed by atoms with van der Waals surface area (Å²) in [6.45, 7) is 1.97. The number of carbonyl (C=O) groups is 2. The van der Waals surface area contributed by atoms with Crippen LogP contribution in [0.3, 0.4) is 0 Å². The van der Waals surface area contributed by atoms with Gasteiger partial charge in [0.15, 0.2) is 0 Å². The Balaban J connectivity index is 1.65. The summed E-state index contributed by atoms with van der Waals surface area (Å²) in [6.07, 6.45) is -4.94. The molecule has 1 aromatic carbocycles. The third-order valence-corrected chi connectivity index (χ3v) is 5.45. The number of thiophene rings is 1. The lowest BCUT2D eigenvalue weighted by atomic mass is 10.2. The highest BCUT2D eigenvalue weighted by Crippen LogP contribution is 2.29. The van der Waals surface area contributed by atoms with Crippen molar-refractivity contribution in [1.82, 2.24) is 4.90 Å². The molecule has 0 saturated carbocycles. The molecule has 4 nitrogen and oxygen atoms in total. The van der Waals surface area contributed by atoms with E-state index in [-0.39, 0.29) is 10.8 Å². The molecule has 1 amide bonds. The van der Waals surface area contributed by atoms with Crippen LogP contribution >= 0.6 is 22.9 Å². The van der Waals surface area contributed by atoms with Crippen LogP contribution in [0.2, 0.25) is 5.02 Å². The molecule has 0 N–H and O–H groups in total. The second kappa shape index (κ2) is 7.28. The molecule has 0 spiro atoms. The van der Waals surface area contributed by atoms with E-state index in [1.165, 1.54) is 6.07 Å². The first-order valence-corrected chi connectivity index (χ1v) is 8.97. The van der Waals surface area contributed by atoms with Crippen LogP contribution in [-0.2, 0) is 0 Å². The number of piperazine rings is 1. The van der Waals surface area contributed by atoms with Crippen molar-refractivity contribution >= 4 is 40.3 Å². The van der Waals surface area contributed by atoms with Gasteiger partial charge in [0, 0.05) is 26.2 Å². The number of hydrogen-bond acceptors (Lipinski definition) is 4. The topological polar surface area (TPSA) is 40.6 Å². The molecule has 1 aliphatic rings. The predicted octanol–water partition coefficient (Wildman–Crippen LogP) is 4.11. The van der Waals surface area contributed by atoms with Gasteiger partial charge in [-0.15, -0.1) is 11.3 Å². The fraction of sp³-hybridized carbons (Fsp3) is 0.294. The maximum atomic E-state index is 12.5. The molecular weight excluding hydrogens is 389 g/mol. The summed E-state index contributed by atoms with van der Waals surface area (Å²) in [5.41, 5.74) is 0.885. The molecule has 26 heavy (non-hydrogen) atoms. The molecule has 0 aliphatic carbocycles. The average Bonchev–Trinajstić information content (AvgIpc) is 3.10. The lowest BCUT2D eigenvalue weighted by Crippen LogP contribution is -2.48. The van der Waals surface area contributed by atoms with E-state index >= 15 is 0 Å². The summed E-state index contributed by atoms with van der Waals surface area (Å²) in [5, 5.41) is 0.626. The minimum Gasteiger partial charge on any atom is -0.367 e. The van der Waals surface area contributed by atoms with Crippen LogP contribution in [0.15, 0.2) is 36.4 Å². The molecule has 9 heteroatoms. The zero-order valence-electron chi connectivity index (χ0n) is 13.4. The first-order valence-electron chi connectivity index (χ1n) is 7.77. The Morgan fingerprint density at radius 3 is 2.19 bits per heavy atom. The summed E-state index contributed by atoms with van der Waals surface area (Å²) >= 11 is 6.75. The van der Waals surface area contributed by atoms with Crippen LogP contribution in [0.25, 0.3) is 0 Å². The van der Waals surface area contributed by atoms with Gasteiger partial charge in [0.05, 0.1) is 20.5 Å². The van der Waals surface area contributed by atoms with Crippen molar-refractivity contribution in [3.05, 3.63) is 51.2 Å². The van der Waals surface area contributed by atoms with Gasteiger partial charge in [-0.1, -0.05) is 23.7 Å². The van der Waals surface area contributed by atoms with E-state index in [2.05, 4.69) is 4.90 Å². The van der Waals surface area contributed by atoms with E-state index < -0.39 is 16.8 Å². The number of nitrogens with zero attached hydrogens (tertiary/aromatic N) is 2. The van der Waals surface area contributed by atoms with Crippen molar-refractivity contribution in [3.8, 4) is 0 Å². The van der Waals surface area contributed by atoms with Gasteiger partial charge >= 0.3 is 6.18 Å². The molecule has 2 aromatic rings. The predicted molar refractivity (Wildman–Crippen MR) is 94.3 cm³/mol. The third kappa shape index (κ3) is 3.86. The van der Waals surface area contributed by atoms with E-state index in [4.69, 9.17) is 11.6 Å². The number of amides is 1. The van der Waals surface area contributed by atoms with E-state index in [9.17, 15) is 22.8 Å². The zero-order chi connectivity index (χ0) is 18.9. The van der Waals surface area contributed by atoms with Gasteiger partial charge in [0.1, 0.15) is 0 Å². The summed E-state index contributed by atoms with van der Waals surface area (Å²) in [5.74, 6) is -2.29. The number of ketones is 1. The maximum Gasteiger partial charge on any atom is 0.455 e. The Morgan fingerprint density at radius 1 is 0.962 bits per heavy atom. The minimum atomic E-state index is -4.94. The highest BCUT2D eigenvalue weighted by molar-refractivity contribution is 7.16. The van der Waals surface area contributed by atoms with Gasteiger partial charge in [-0.25, -0.2) is 0 Å². The largest absolute Gasteiger partial charge is 0.455 e. The van der Waals surface area contributed by atoms with Crippen molar-refractivity contribution in [2.24, 2.45) is 0 Å². The Kier molecular flexibility index (Phi) is 5.24. The molecule has 1 saturated heterocycles. The number of alkyl halides is 3. The maximum absolute atomic E-state index is 12.5. The molecule has 1 aliphatic heterocycles. The zero-order valence-corrected chi connectivity index (χ0v) is 15.0. The number of hydrogen-bond donors (Lipinski definition) is 0. The van der Waals surface area contributed by atoms with Crippen molar-refractivity contribution in [2.75, 3.05) is 31.1 Å². The lowest BCUT2D eigenvalue weighted by Gasteiger charge is -2.36. The summed E-state index contributed by atoms with van der Waals surface area (Å²) in [4.78, 5) is 27.0. The average molecular weight is 403 g/mol. The smallest absolute Gasteiger partial charge is 0.367 e. The summed E-state index contributed by atoms with van der Waals surface area (Å²) in [6, 6.07) is 9.72. The highest BCUT2D eigenvalue weighted by Gasteiger charge is 2.40. The minimum absolute atomic E-state index is 0.129. The van der Waals surface area contributed by atoms with E-state index in [1.54, 1.807) is 11.0 Å². The molecule has 2 heterocycles. The first kappa shape index (κ1) is 18.7. The van der Waals surface area contributed by atoms with Crippen LogP contribution in [0, 0.1) is 0 Å². The van der Waals surface area contributed by atoms with Crippen LogP contribution in [0.4, 0.5) is 18.9 Å². The van der Waals surface area contributed by atoms with Gasteiger partial charge in [0.2, 0.25) is 0 Å². The normalized spacial score (nSPS) is 15.2. The molecule has 3 rings (SSSR count). The second-order valence-corrected chi connectivity index (χ2v) is 7.21. The highest BCUT2D eigenvalue weighted by atomic mass is 35.5. The van der Waals surface area contributed by atoms with Gasteiger partial charge < -0.3 is 9.80 Å². The van der Waals surface area contributed by atoms with Crippen LogP contribution in [0.5, 0.6) is 0 Å². The Labute approximate surface area is 156 Å². The van der Waals surface area contributed by atoms with Gasteiger partial charge in [-0.2, -0.15) is 13.2 Å². The molecule has 0 atom stereocenters. The Morgan fingerprint density at radius 2 is 1.58 bits per heavy atom. The molecule has 0 unspecified atom stereocenters. The van der Waals surface area contributed by atoms with Crippen LogP contribution < -0.4 is 4.90 Å². The number of benzene rings is 1. The van der Waals surface area contributed by atoms with Gasteiger partial charge in [0.25, 0.3) is 11.7 Å². The van der Waals surface area contributed by atoms with Crippen molar-refractivity contribution < 1.29 is 22.8 Å². The number of carbonyl (C=O) groups excluding carboxylic acids is 2. The van der Waals surface area contributed by atoms with Crippen LogP contribution in [0.1, 0.15) is 19.3 Å². The Bertz CT molecular complexity index is 829. The molecule has 0 radical (unpaired) electrons. The molecule has 1 aromatic heterocycles. The van der Waals surface area contributed by atoms with Gasteiger partial charge in [-0.05, 0) is 24.3 Å². The fourth-order valence-corrected chi connectivity index (χ4v) is 3.92. The molecule has 138 valence electrons. The van der Waals surface area contributed by atoms with Crippen molar-refractivity contribution in [3.63, 3.8) is 0 Å². The lowest BCUT2D eigenvalue weighted by molar-refractivity contribution is -0.0882. The first-order chi connectivity index (χ1) is 12.3. The molecular formula is C17H14ClF3N2O2S. The number of rotatable bonds is 3. The van der Waals surface area contributed by atoms with E-state index in [0.717, 1.165) is 11.8 Å². The van der Waals surface area contributed by atoms with Gasteiger partial charge in [-0.3, -0.25) is 9.59 Å². The number of Topliss-reactive ketones (excluding diaryl/α,β-unsaturated/α-hetero) is 1. The number of halogens is 4. The number of para-hydroxylation sites is 1. The standard InChI is InChI=1S/C17H14ClF3N2O2S/c18-11-3-1-2-4-12(11)22-7-9-23(10-8-22)16(25)14-6-5-13(26-14)15(24)17(19,20)21/h1-6H,7-10H2. The fourth-order valence-electron chi connectivity index (χ4n) is 2.73. The quantitative estimate of drug-likeness (QED) is 0.725.